The summed E-state index contributed by atoms with van der Waals surface area (Å²) in [6, 6.07) is 0. The van der Waals surface area contributed by atoms with Gasteiger partial charge in [0.2, 0.25) is 5.91 Å². The normalized spacial score (nSPS) is 32.0. The van der Waals surface area contributed by atoms with Gasteiger partial charge >= 0.3 is 0 Å². The molecule has 2 aliphatic rings. The van der Waals surface area contributed by atoms with Crippen LogP contribution < -0.4 is 5.32 Å². The third kappa shape index (κ3) is 1.61. The van der Waals surface area contributed by atoms with Crippen LogP contribution in [-0.4, -0.2) is 25.2 Å². The Balaban J connectivity index is 1.85. The summed E-state index contributed by atoms with van der Waals surface area (Å²) in [5, 5.41) is 2.81. The van der Waals surface area contributed by atoms with E-state index in [1.54, 1.807) is 0 Å². The van der Waals surface area contributed by atoms with Gasteiger partial charge in [-0.05, 0) is 25.2 Å². The molecular formula is C9H15NO2. The zero-order valence-electron chi connectivity index (χ0n) is 7.21. The summed E-state index contributed by atoms with van der Waals surface area (Å²) < 4.78 is 5.51. The first-order chi connectivity index (χ1) is 5.86. The molecule has 0 radical (unpaired) electrons. The highest BCUT2D eigenvalue weighted by molar-refractivity contribution is 5.77. The fourth-order valence-electron chi connectivity index (χ4n) is 1.85. The van der Waals surface area contributed by atoms with E-state index in [0.29, 0.717) is 6.10 Å². The smallest absolute Gasteiger partial charge is 0.246 e. The minimum absolute atomic E-state index is 0.0387. The lowest BCUT2D eigenvalue weighted by molar-refractivity contribution is -0.127. The highest BCUT2D eigenvalue weighted by atomic mass is 16.5. The Morgan fingerprint density at radius 1 is 1.33 bits per heavy atom. The van der Waals surface area contributed by atoms with E-state index in [0.717, 1.165) is 18.9 Å². The standard InChI is InChI=1S/C9H15NO2/c11-9-6-12-8(4-5-10-9)7-2-1-3-7/h7-8H,1-6H2,(H,10,11). The molecule has 0 spiro atoms. The highest BCUT2D eigenvalue weighted by Gasteiger charge is 2.29. The van der Waals surface area contributed by atoms with Crippen molar-refractivity contribution in [1.82, 2.24) is 5.32 Å². The van der Waals surface area contributed by atoms with Crippen molar-refractivity contribution in [3.63, 3.8) is 0 Å². The number of carbonyl (C=O) groups excluding carboxylic acids is 1. The van der Waals surface area contributed by atoms with Crippen LogP contribution in [0.4, 0.5) is 0 Å². The van der Waals surface area contributed by atoms with Gasteiger partial charge in [-0.1, -0.05) is 6.42 Å². The molecule has 3 nitrogen and oxygen atoms in total. The van der Waals surface area contributed by atoms with Crippen LogP contribution >= 0.6 is 0 Å². The molecule has 3 heteroatoms. The molecule has 1 unspecified atom stereocenters. The monoisotopic (exact) mass is 169 g/mol. The molecule has 0 aromatic carbocycles. The molecule has 0 aromatic heterocycles. The molecule has 12 heavy (non-hydrogen) atoms. The molecule has 1 amide bonds. The van der Waals surface area contributed by atoms with Crippen molar-refractivity contribution < 1.29 is 9.53 Å². The van der Waals surface area contributed by atoms with Gasteiger partial charge in [0.15, 0.2) is 0 Å². The van der Waals surface area contributed by atoms with E-state index < -0.39 is 0 Å². The van der Waals surface area contributed by atoms with Crippen LogP contribution in [0.15, 0.2) is 0 Å². The second-order valence-electron chi connectivity index (χ2n) is 3.68. The van der Waals surface area contributed by atoms with E-state index in [1.165, 1.54) is 19.3 Å². The van der Waals surface area contributed by atoms with Crippen LogP contribution in [0.5, 0.6) is 0 Å². The van der Waals surface area contributed by atoms with Crippen LogP contribution in [0.2, 0.25) is 0 Å². The Kier molecular flexibility index (Phi) is 2.30. The zero-order chi connectivity index (χ0) is 8.39. The third-order valence-corrected chi connectivity index (χ3v) is 2.86. The third-order valence-electron chi connectivity index (χ3n) is 2.86. The van der Waals surface area contributed by atoms with E-state index in [9.17, 15) is 4.79 Å². The van der Waals surface area contributed by atoms with Gasteiger partial charge in [0.1, 0.15) is 6.61 Å². The number of nitrogens with one attached hydrogen (secondary N) is 1. The summed E-state index contributed by atoms with van der Waals surface area (Å²) in [5.41, 5.74) is 0. The topological polar surface area (TPSA) is 38.3 Å². The van der Waals surface area contributed by atoms with Crippen LogP contribution in [0, 0.1) is 5.92 Å². The van der Waals surface area contributed by atoms with Crippen LogP contribution in [-0.2, 0) is 9.53 Å². The second-order valence-corrected chi connectivity index (χ2v) is 3.68. The first kappa shape index (κ1) is 8.05. The second kappa shape index (κ2) is 3.44. The molecule has 68 valence electrons. The maximum Gasteiger partial charge on any atom is 0.246 e. The number of hydrogen-bond donors (Lipinski definition) is 1. The molecule has 1 atom stereocenters. The molecule has 1 heterocycles. The Morgan fingerprint density at radius 2 is 2.17 bits per heavy atom. The van der Waals surface area contributed by atoms with Crippen molar-refractivity contribution in [2.75, 3.05) is 13.2 Å². The molecule has 1 saturated carbocycles. The largest absolute Gasteiger partial charge is 0.368 e. The van der Waals surface area contributed by atoms with Crippen molar-refractivity contribution in [2.45, 2.75) is 31.8 Å². The first-order valence-electron chi connectivity index (χ1n) is 4.74. The lowest BCUT2D eigenvalue weighted by Crippen LogP contribution is -2.29. The number of amides is 1. The zero-order valence-corrected chi connectivity index (χ0v) is 7.21. The number of ether oxygens (including phenoxy) is 1. The van der Waals surface area contributed by atoms with Gasteiger partial charge in [0.05, 0.1) is 6.10 Å². The van der Waals surface area contributed by atoms with Crippen molar-refractivity contribution in [1.29, 1.82) is 0 Å². The van der Waals surface area contributed by atoms with Crippen LogP contribution in [0.3, 0.4) is 0 Å². The molecule has 1 saturated heterocycles. The number of rotatable bonds is 1. The minimum Gasteiger partial charge on any atom is -0.368 e. The Hall–Kier alpha value is -0.570. The van der Waals surface area contributed by atoms with Crippen molar-refractivity contribution in [3.8, 4) is 0 Å². The van der Waals surface area contributed by atoms with E-state index in [1.807, 2.05) is 0 Å². The van der Waals surface area contributed by atoms with Gasteiger partial charge in [0.25, 0.3) is 0 Å². The number of carbonyl (C=O) groups is 1. The summed E-state index contributed by atoms with van der Waals surface area (Å²) in [7, 11) is 0. The maximum absolute atomic E-state index is 10.9. The van der Waals surface area contributed by atoms with E-state index in [2.05, 4.69) is 5.32 Å². The molecule has 1 aliphatic heterocycles. The maximum atomic E-state index is 10.9. The molecule has 0 bridgehead atoms. The molecule has 2 rings (SSSR count). The Morgan fingerprint density at radius 3 is 2.83 bits per heavy atom. The first-order valence-corrected chi connectivity index (χ1v) is 4.74. The van der Waals surface area contributed by atoms with Crippen LogP contribution in [0.25, 0.3) is 0 Å². The van der Waals surface area contributed by atoms with Crippen molar-refractivity contribution in [3.05, 3.63) is 0 Å². The quantitative estimate of drug-likeness (QED) is 0.627. The predicted octanol–water partition coefficient (Wildman–Crippen LogP) is 0.692. The molecular weight excluding hydrogens is 154 g/mol. The Labute approximate surface area is 72.5 Å². The van der Waals surface area contributed by atoms with Gasteiger partial charge in [-0.2, -0.15) is 0 Å². The van der Waals surface area contributed by atoms with E-state index >= 15 is 0 Å². The average molecular weight is 169 g/mol. The minimum atomic E-state index is 0.0387. The summed E-state index contributed by atoms with van der Waals surface area (Å²) in [5.74, 6) is 0.773. The molecule has 2 fully saturated rings. The summed E-state index contributed by atoms with van der Waals surface area (Å²) in [4.78, 5) is 10.9. The van der Waals surface area contributed by atoms with Crippen molar-refractivity contribution >= 4 is 5.91 Å². The molecule has 1 aliphatic carbocycles. The van der Waals surface area contributed by atoms with Gasteiger partial charge in [0, 0.05) is 6.54 Å². The van der Waals surface area contributed by atoms with Gasteiger partial charge in [-0.3, -0.25) is 4.79 Å². The number of hydrogen-bond acceptors (Lipinski definition) is 2. The van der Waals surface area contributed by atoms with E-state index in [-0.39, 0.29) is 12.5 Å². The van der Waals surface area contributed by atoms with Gasteiger partial charge in [-0.15, -0.1) is 0 Å². The summed E-state index contributed by atoms with van der Waals surface area (Å²) in [6.45, 7) is 1.06. The fourth-order valence-corrected chi connectivity index (χ4v) is 1.85. The predicted molar refractivity (Wildman–Crippen MR) is 44.7 cm³/mol. The van der Waals surface area contributed by atoms with Gasteiger partial charge < -0.3 is 10.1 Å². The van der Waals surface area contributed by atoms with E-state index in [4.69, 9.17) is 4.74 Å². The van der Waals surface area contributed by atoms with Gasteiger partial charge in [-0.25, -0.2) is 0 Å². The average Bonchev–Trinajstić information content (AvgIpc) is 2.12. The Bertz CT molecular complexity index is 177. The van der Waals surface area contributed by atoms with Crippen molar-refractivity contribution in [2.24, 2.45) is 5.92 Å². The molecule has 0 aromatic rings. The fraction of sp³-hybridized carbons (Fsp3) is 0.889. The highest BCUT2D eigenvalue weighted by Crippen LogP contribution is 2.32. The SMILES string of the molecule is O=C1COC(C2CCC2)CCN1. The lowest BCUT2D eigenvalue weighted by Gasteiger charge is -2.32. The lowest BCUT2D eigenvalue weighted by atomic mass is 9.80. The van der Waals surface area contributed by atoms with Crippen LogP contribution in [0.1, 0.15) is 25.7 Å². The molecule has 1 N–H and O–H groups in total. The summed E-state index contributed by atoms with van der Waals surface area (Å²) >= 11 is 0. The summed E-state index contributed by atoms with van der Waals surface area (Å²) in [6.07, 6.45) is 5.26.